The lowest BCUT2D eigenvalue weighted by molar-refractivity contribution is 0.669. The van der Waals surface area contributed by atoms with Gasteiger partial charge in [0.15, 0.2) is 0 Å². The molecular formula is C48H30O. The van der Waals surface area contributed by atoms with Gasteiger partial charge in [-0.3, -0.25) is 0 Å². The number of fused-ring (bicyclic) bond motifs is 6. The van der Waals surface area contributed by atoms with Crippen LogP contribution in [0.4, 0.5) is 0 Å². The van der Waals surface area contributed by atoms with Gasteiger partial charge in [-0.05, 0) is 83.4 Å². The number of furan rings is 1. The molecule has 228 valence electrons. The second-order valence-corrected chi connectivity index (χ2v) is 12.7. The molecule has 0 fully saturated rings. The summed E-state index contributed by atoms with van der Waals surface area (Å²) in [6.07, 6.45) is 0. The molecule has 1 heterocycles. The standard InChI is InChI=1S/C48H30O/c1-3-15-31(16-4-1)33-29-30-44-48(42-23-11-12-28-43(42)49-44)47(33)37-27-14-24-34-35(37)25-13-26-36(34)46-40-21-9-7-19-38(40)45(32-17-5-2-6-18-32)39-20-8-10-22-41(39)46/h1-30H. The fraction of sp³-hybridized carbons (Fsp3) is 0. The minimum atomic E-state index is 0.900. The Kier molecular flexibility index (Phi) is 6.25. The van der Waals surface area contributed by atoms with Gasteiger partial charge in [0.25, 0.3) is 0 Å². The molecule has 0 radical (unpaired) electrons. The van der Waals surface area contributed by atoms with Crippen LogP contribution >= 0.6 is 0 Å². The first-order valence-corrected chi connectivity index (χ1v) is 16.9. The maximum absolute atomic E-state index is 6.45. The quantitative estimate of drug-likeness (QED) is 0.178. The zero-order valence-corrected chi connectivity index (χ0v) is 26.7. The topological polar surface area (TPSA) is 13.1 Å². The van der Waals surface area contributed by atoms with Crippen molar-refractivity contribution in [2.45, 2.75) is 0 Å². The predicted octanol–water partition coefficient (Wildman–Crippen LogP) is 13.7. The monoisotopic (exact) mass is 622 g/mol. The van der Waals surface area contributed by atoms with E-state index in [4.69, 9.17) is 4.42 Å². The van der Waals surface area contributed by atoms with Crippen LogP contribution in [-0.2, 0) is 0 Å². The molecule has 1 heteroatoms. The molecule has 0 spiro atoms. The molecular weight excluding hydrogens is 593 g/mol. The maximum Gasteiger partial charge on any atom is 0.136 e. The maximum atomic E-state index is 6.45. The van der Waals surface area contributed by atoms with E-state index in [2.05, 4.69) is 176 Å². The summed E-state index contributed by atoms with van der Waals surface area (Å²) in [4.78, 5) is 0. The highest BCUT2D eigenvalue weighted by Crippen LogP contribution is 2.48. The summed E-state index contributed by atoms with van der Waals surface area (Å²) >= 11 is 0. The Morgan fingerprint density at radius 1 is 0.245 bits per heavy atom. The van der Waals surface area contributed by atoms with Crippen LogP contribution in [0.1, 0.15) is 0 Å². The van der Waals surface area contributed by atoms with Gasteiger partial charge in [0.1, 0.15) is 11.2 Å². The van der Waals surface area contributed by atoms with Crippen LogP contribution < -0.4 is 0 Å². The second-order valence-electron chi connectivity index (χ2n) is 12.7. The van der Waals surface area contributed by atoms with E-state index in [1.807, 2.05) is 6.07 Å². The lowest BCUT2D eigenvalue weighted by Gasteiger charge is -2.20. The first kappa shape index (κ1) is 27.7. The van der Waals surface area contributed by atoms with E-state index in [9.17, 15) is 0 Å². The smallest absolute Gasteiger partial charge is 0.136 e. The van der Waals surface area contributed by atoms with Gasteiger partial charge in [-0.25, -0.2) is 0 Å². The molecule has 0 aliphatic rings. The molecule has 10 rings (SSSR count). The fourth-order valence-electron chi connectivity index (χ4n) is 8.04. The Bertz CT molecular complexity index is 2800. The van der Waals surface area contributed by atoms with Crippen LogP contribution in [0.3, 0.4) is 0 Å². The molecule has 1 aromatic heterocycles. The third-order valence-corrected chi connectivity index (χ3v) is 10.1. The van der Waals surface area contributed by atoms with Gasteiger partial charge in [-0.1, -0.05) is 170 Å². The summed E-state index contributed by atoms with van der Waals surface area (Å²) in [5, 5.41) is 9.76. The van der Waals surface area contributed by atoms with Crippen LogP contribution in [0.2, 0.25) is 0 Å². The molecule has 0 atom stereocenters. The predicted molar refractivity (Wildman–Crippen MR) is 208 cm³/mol. The lowest BCUT2D eigenvalue weighted by Crippen LogP contribution is -1.93. The summed E-state index contributed by atoms with van der Waals surface area (Å²) in [6.45, 7) is 0. The Balaban J connectivity index is 1.32. The van der Waals surface area contributed by atoms with Crippen LogP contribution in [0, 0.1) is 0 Å². The molecule has 0 aliphatic heterocycles. The van der Waals surface area contributed by atoms with E-state index >= 15 is 0 Å². The molecule has 1 nitrogen and oxygen atoms in total. The summed E-state index contributed by atoms with van der Waals surface area (Å²) in [5.41, 5.74) is 11.6. The largest absolute Gasteiger partial charge is 0.456 e. The molecule has 0 bridgehead atoms. The van der Waals surface area contributed by atoms with Gasteiger partial charge in [0.2, 0.25) is 0 Å². The summed E-state index contributed by atoms with van der Waals surface area (Å²) < 4.78 is 6.45. The van der Waals surface area contributed by atoms with Crippen molar-refractivity contribution in [2.24, 2.45) is 0 Å². The van der Waals surface area contributed by atoms with Gasteiger partial charge in [0, 0.05) is 16.3 Å². The number of benzene rings is 9. The van der Waals surface area contributed by atoms with Crippen LogP contribution in [0.15, 0.2) is 186 Å². The fourth-order valence-corrected chi connectivity index (χ4v) is 8.04. The SMILES string of the molecule is c1ccc(-c2ccc3oc4ccccc4c3c2-c2cccc3c(-c4c5ccccc5c(-c5ccccc5)c5ccccc45)cccc23)cc1. The minimum Gasteiger partial charge on any atom is -0.456 e. The van der Waals surface area contributed by atoms with E-state index in [-0.39, 0.29) is 0 Å². The van der Waals surface area contributed by atoms with E-state index in [0.717, 1.165) is 21.9 Å². The zero-order valence-electron chi connectivity index (χ0n) is 26.7. The summed E-state index contributed by atoms with van der Waals surface area (Å²) in [6, 6.07) is 65.7. The number of para-hydroxylation sites is 1. The molecule has 49 heavy (non-hydrogen) atoms. The molecule has 9 aromatic carbocycles. The third kappa shape index (κ3) is 4.26. The Labute approximate surface area is 284 Å². The molecule has 0 saturated heterocycles. The van der Waals surface area contributed by atoms with E-state index < -0.39 is 0 Å². The van der Waals surface area contributed by atoms with Gasteiger partial charge in [0.05, 0.1) is 0 Å². The van der Waals surface area contributed by atoms with Crippen LogP contribution in [-0.4, -0.2) is 0 Å². The van der Waals surface area contributed by atoms with Crippen molar-refractivity contribution in [3.05, 3.63) is 182 Å². The summed E-state index contributed by atoms with van der Waals surface area (Å²) in [7, 11) is 0. The molecule has 10 aromatic rings. The normalized spacial score (nSPS) is 11.7. The van der Waals surface area contributed by atoms with Crippen LogP contribution in [0.25, 0.3) is 98.8 Å². The van der Waals surface area contributed by atoms with Crippen LogP contribution in [0.5, 0.6) is 0 Å². The lowest BCUT2D eigenvalue weighted by atomic mass is 9.83. The highest BCUT2D eigenvalue weighted by molar-refractivity contribution is 6.25. The van der Waals surface area contributed by atoms with Crippen molar-refractivity contribution in [2.75, 3.05) is 0 Å². The van der Waals surface area contributed by atoms with Crippen molar-refractivity contribution < 1.29 is 4.42 Å². The molecule has 0 amide bonds. The van der Waals surface area contributed by atoms with Crippen molar-refractivity contribution in [3.8, 4) is 44.5 Å². The van der Waals surface area contributed by atoms with Gasteiger partial charge < -0.3 is 4.42 Å². The zero-order chi connectivity index (χ0) is 32.3. The highest BCUT2D eigenvalue weighted by atomic mass is 16.3. The Morgan fingerprint density at radius 2 is 0.714 bits per heavy atom. The van der Waals surface area contributed by atoms with Crippen molar-refractivity contribution in [3.63, 3.8) is 0 Å². The average molecular weight is 623 g/mol. The Hall–Kier alpha value is -6.44. The Morgan fingerprint density at radius 3 is 1.33 bits per heavy atom. The molecule has 0 aliphatic carbocycles. The molecule has 0 unspecified atom stereocenters. The van der Waals surface area contributed by atoms with Crippen molar-refractivity contribution >= 4 is 54.3 Å². The van der Waals surface area contributed by atoms with E-state index in [0.29, 0.717) is 0 Å². The van der Waals surface area contributed by atoms with Gasteiger partial charge in [-0.2, -0.15) is 0 Å². The number of hydrogen-bond donors (Lipinski definition) is 0. The average Bonchev–Trinajstić information content (AvgIpc) is 3.56. The van der Waals surface area contributed by atoms with Gasteiger partial charge in [-0.15, -0.1) is 0 Å². The number of rotatable bonds is 4. The molecule has 0 saturated carbocycles. The third-order valence-electron chi connectivity index (χ3n) is 10.1. The first-order valence-electron chi connectivity index (χ1n) is 16.9. The second kappa shape index (κ2) is 11.1. The minimum absolute atomic E-state index is 0.900. The molecule has 0 N–H and O–H groups in total. The van der Waals surface area contributed by atoms with Crippen molar-refractivity contribution in [1.82, 2.24) is 0 Å². The number of hydrogen-bond acceptors (Lipinski definition) is 1. The van der Waals surface area contributed by atoms with Gasteiger partial charge >= 0.3 is 0 Å². The first-order chi connectivity index (χ1) is 24.3. The van der Waals surface area contributed by atoms with Crippen molar-refractivity contribution in [1.29, 1.82) is 0 Å². The highest BCUT2D eigenvalue weighted by Gasteiger charge is 2.21. The van der Waals surface area contributed by atoms with E-state index in [1.165, 1.54) is 76.8 Å². The summed E-state index contributed by atoms with van der Waals surface area (Å²) in [5.74, 6) is 0. The van der Waals surface area contributed by atoms with E-state index in [1.54, 1.807) is 0 Å².